The molecule has 3 rings (SSSR count). The third kappa shape index (κ3) is 3.30. The van der Waals surface area contributed by atoms with Gasteiger partial charge in [-0.1, -0.05) is 58.4 Å². The summed E-state index contributed by atoms with van der Waals surface area (Å²) in [5.74, 6) is 0.494. The lowest BCUT2D eigenvalue weighted by molar-refractivity contribution is 0.501. The fourth-order valence-electron chi connectivity index (χ4n) is 2.81. The van der Waals surface area contributed by atoms with Crippen LogP contribution in [0.25, 0.3) is 4.91 Å². The lowest BCUT2D eigenvalue weighted by Gasteiger charge is -2.19. The van der Waals surface area contributed by atoms with E-state index in [2.05, 4.69) is 20.3 Å². The van der Waals surface area contributed by atoms with Crippen molar-refractivity contribution in [2.24, 2.45) is 4.40 Å². The first kappa shape index (κ1) is 16.9. The number of rotatable bonds is 3. The number of halogens is 1. The Hall–Kier alpha value is -1.92. The maximum Gasteiger partial charge on any atom is 0.285 e. The highest BCUT2D eigenvalue weighted by atomic mass is 79.9. The molecule has 2 aromatic carbocycles. The topological polar surface area (TPSA) is 49.7 Å². The molecule has 0 radical (unpaired) electrons. The van der Waals surface area contributed by atoms with Gasteiger partial charge in [0.15, 0.2) is 0 Å². The molecule has 0 saturated carbocycles. The molecular formula is C18H17BrN2O2S. The van der Waals surface area contributed by atoms with Gasteiger partial charge in [-0.25, -0.2) is 0 Å². The van der Waals surface area contributed by atoms with E-state index in [1.165, 1.54) is 0 Å². The van der Waals surface area contributed by atoms with E-state index in [1.807, 2.05) is 54.4 Å². The highest BCUT2D eigenvalue weighted by molar-refractivity contribution is 9.10. The van der Waals surface area contributed by atoms with E-state index in [4.69, 9.17) is 0 Å². The van der Waals surface area contributed by atoms with Gasteiger partial charge in [0.2, 0.25) is 0 Å². The molecule has 0 bridgehead atoms. The van der Waals surface area contributed by atoms with E-state index in [0.717, 1.165) is 10.0 Å². The first-order valence-corrected chi connectivity index (χ1v) is 9.69. The van der Waals surface area contributed by atoms with E-state index in [0.29, 0.717) is 23.5 Å². The molecule has 24 heavy (non-hydrogen) atoms. The Morgan fingerprint density at radius 1 is 1.08 bits per heavy atom. The van der Waals surface area contributed by atoms with Crippen molar-refractivity contribution in [2.45, 2.75) is 13.5 Å². The van der Waals surface area contributed by atoms with Crippen LogP contribution < -0.4 is 0 Å². The van der Waals surface area contributed by atoms with Crippen LogP contribution in [0.4, 0.5) is 0 Å². The minimum Gasteiger partial charge on any atom is -0.354 e. The summed E-state index contributed by atoms with van der Waals surface area (Å²) in [6, 6.07) is 17.2. The summed E-state index contributed by atoms with van der Waals surface area (Å²) >= 11 is 3.39. The lowest BCUT2D eigenvalue weighted by atomic mass is 10.1. The van der Waals surface area contributed by atoms with Crippen LogP contribution in [-0.4, -0.2) is 26.2 Å². The van der Waals surface area contributed by atoms with Crippen molar-refractivity contribution in [2.75, 3.05) is 7.05 Å². The summed E-state index contributed by atoms with van der Waals surface area (Å²) < 4.78 is 30.0. The van der Waals surface area contributed by atoms with Crippen molar-refractivity contribution in [1.82, 2.24) is 4.90 Å². The van der Waals surface area contributed by atoms with Crippen LogP contribution in [0.3, 0.4) is 0 Å². The van der Waals surface area contributed by atoms with Gasteiger partial charge >= 0.3 is 0 Å². The van der Waals surface area contributed by atoms with Crippen molar-refractivity contribution in [3.63, 3.8) is 0 Å². The molecule has 124 valence electrons. The van der Waals surface area contributed by atoms with Crippen molar-refractivity contribution in [1.29, 1.82) is 0 Å². The summed E-state index contributed by atoms with van der Waals surface area (Å²) in [7, 11) is -1.83. The Kier molecular flexibility index (Phi) is 4.60. The second kappa shape index (κ2) is 6.53. The third-order valence-electron chi connectivity index (χ3n) is 3.85. The number of sulfonamides is 1. The van der Waals surface area contributed by atoms with Gasteiger partial charge in [0, 0.05) is 23.6 Å². The van der Waals surface area contributed by atoms with Gasteiger partial charge < -0.3 is 4.90 Å². The normalized spacial score (nSPS) is 16.2. The molecule has 2 aromatic rings. The average Bonchev–Trinajstić information content (AvgIpc) is 2.78. The molecule has 1 aliphatic rings. The summed E-state index contributed by atoms with van der Waals surface area (Å²) in [4.78, 5) is 2.14. The van der Waals surface area contributed by atoms with Crippen molar-refractivity contribution < 1.29 is 8.42 Å². The quantitative estimate of drug-likeness (QED) is 0.774. The third-order valence-corrected chi connectivity index (χ3v) is 5.82. The Morgan fingerprint density at radius 3 is 2.46 bits per heavy atom. The average molecular weight is 405 g/mol. The van der Waals surface area contributed by atoms with Crippen molar-refractivity contribution in [3.8, 4) is 0 Å². The van der Waals surface area contributed by atoms with Crippen LogP contribution >= 0.6 is 15.9 Å². The van der Waals surface area contributed by atoms with Gasteiger partial charge in [-0.3, -0.25) is 0 Å². The molecule has 4 nitrogen and oxygen atoms in total. The van der Waals surface area contributed by atoms with Crippen molar-refractivity contribution >= 4 is 36.7 Å². The first-order chi connectivity index (χ1) is 11.4. The second-order valence-electron chi connectivity index (χ2n) is 5.70. The number of likely N-dealkylation sites (N-methyl/N-ethyl adjacent to an activating group) is 1. The van der Waals surface area contributed by atoms with Crippen molar-refractivity contribution in [3.05, 3.63) is 75.8 Å². The predicted octanol–water partition coefficient (Wildman–Crippen LogP) is 4.05. The Balaban J connectivity index is 1.98. The second-order valence-corrected chi connectivity index (χ2v) is 8.15. The molecule has 0 aromatic heterocycles. The monoisotopic (exact) mass is 404 g/mol. The van der Waals surface area contributed by atoms with Crippen LogP contribution in [0.1, 0.15) is 18.1 Å². The number of nitrogens with zero attached hydrogens (tertiary/aromatic N) is 2. The maximum atomic E-state index is 12.6. The zero-order chi connectivity index (χ0) is 17.3. The highest BCUT2D eigenvalue weighted by Crippen LogP contribution is 2.34. The van der Waals surface area contributed by atoms with E-state index in [9.17, 15) is 8.42 Å². The van der Waals surface area contributed by atoms with Gasteiger partial charge in [-0.15, -0.1) is 4.40 Å². The zero-order valence-corrected chi connectivity index (χ0v) is 15.8. The molecular weight excluding hydrogens is 388 g/mol. The van der Waals surface area contributed by atoms with Gasteiger partial charge in [-0.05, 0) is 30.2 Å². The summed E-state index contributed by atoms with van der Waals surface area (Å²) in [5, 5.41) is 0. The smallest absolute Gasteiger partial charge is 0.285 e. The maximum absolute atomic E-state index is 12.6. The van der Waals surface area contributed by atoms with Gasteiger partial charge in [0.1, 0.15) is 10.7 Å². The molecule has 0 fully saturated rings. The standard InChI is InChI=1S/C18H17BrN2O2S/c1-13-17(15-9-6-10-16(19)11-15)24(22,23)20-18(13)21(2)12-14-7-4-3-5-8-14/h3-11H,12H2,1-2H3. The van der Waals surface area contributed by atoms with Gasteiger partial charge in [0.05, 0.1) is 0 Å². The molecule has 0 aliphatic carbocycles. The molecule has 0 amide bonds. The Bertz CT molecular complexity index is 935. The lowest BCUT2D eigenvalue weighted by Crippen LogP contribution is -2.26. The molecule has 1 aliphatic heterocycles. The molecule has 0 spiro atoms. The van der Waals surface area contributed by atoms with Crippen LogP contribution in [-0.2, 0) is 16.6 Å². The minimum atomic E-state index is -3.69. The van der Waals surface area contributed by atoms with E-state index in [1.54, 1.807) is 19.1 Å². The highest BCUT2D eigenvalue weighted by Gasteiger charge is 2.32. The largest absolute Gasteiger partial charge is 0.354 e. The molecule has 0 N–H and O–H groups in total. The fraction of sp³-hybridized carbons (Fsp3) is 0.167. The van der Waals surface area contributed by atoms with Crippen LogP contribution in [0, 0.1) is 0 Å². The number of hydrogen-bond donors (Lipinski definition) is 0. The summed E-state index contributed by atoms with van der Waals surface area (Å²) in [6.45, 7) is 2.40. The molecule has 0 unspecified atom stereocenters. The zero-order valence-electron chi connectivity index (χ0n) is 13.4. The Labute approximate surface area is 150 Å². The van der Waals surface area contributed by atoms with Crippen LogP contribution in [0.5, 0.6) is 0 Å². The molecule has 0 atom stereocenters. The van der Waals surface area contributed by atoms with E-state index >= 15 is 0 Å². The summed E-state index contributed by atoms with van der Waals surface area (Å²) in [5.41, 5.74) is 2.42. The number of amidine groups is 1. The number of hydrogen-bond acceptors (Lipinski definition) is 3. The predicted molar refractivity (Wildman–Crippen MR) is 101 cm³/mol. The van der Waals surface area contributed by atoms with E-state index < -0.39 is 10.0 Å². The fourth-order valence-corrected chi connectivity index (χ4v) is 4.70. The SMILES string of the molecule is CC1=C(c2cccc(Br)c2)S(=O)(=O)N=C1N(C)Cc1ccccc1. The first-order valence-electron chi connectivity index (χ1n) is 7.46. The summed E-state index contributed by atoms with van der Waals surface area (Å²) in [6.07, 6.45) is 0. The van der Waals surface area contributed by atoms with Gasteiger partial charge in [0.25, 0.3) is 10.0 Å². The van der Waals surface area contributed by atoms with Gasteiger partial charge in [-0.2, -0.15) is 8.42 Å². The Morgan fingerprint density at radius 2 is 1.79 bits per heavy atom. The number of benzene rings is 2. The van der Waals surface area contributed by atoms with Crippen LogP contribution in [0.15, 0.2) is 69.0 Å². The van der Waals surface area contributed by atoms with Crippen LogP contribution in [0.2, 0.25) is 0 Å². The minimum absolute atomic E-state index is 0.277. The molecule has 0 saturated heterocycles. The molecule has 1 heterocycles. The molecule has 6 heteroatoms. The van der Waals surface area contributed by atoms with E-state index in [-0.39, 0.29) is 4.91 Å².